The first-order valence-corrected chi connectivity index (χ1v) is 4.41. The molecule has 0 aromatic carbocycles. The Hall–Kier alpha value is -0.200. The molecule has 0 bridgehead atoms. The summed E-state index contributed by atoms with van der Waals surface area (Å²) in [6.07, 6.45) is 0.171. The van der Waals surface area contributed by atoms with Crippen molar-refractivity contribution in [2.24, 2.45) is 0 Å². The molecule has 2 fully saturated rings. The second kappa shape index (κ2) is 4.88. The lowest BCUT2D eigenvalue weighted by Crippen LogP contribution is -2.23. The van der Waals surface area contributed by atoms with Crippen molar-refractivity contribution < 1.29 is 23.7 Å². The van der Waals surface area contributed by atoms with E-state index < -0.39 is 0 Å². The maximum absolute atomic E-state index is 5.39. The monoisotopic (exact) mass is 190 g/mol. The van der Waals surface area contributed by atoms with Gasteiger partial charge < -0.3 is 23.7 Å². The van der Waals surface area contributed by atoms with E-state index in [2.05, 4.69) is 0 Å². The van der Waals surface area contributed by atoms with Crippen LogP contribution >= 0.6 is 0 Å². The second-order valence-electron chi connectivity index (χ2n) is 3.09. The molecule has 0 radical (unpaired) electrons. The van der Waals surface area contributed by atoms with E-state index in [-0.39, 0.29) is 12.2 Å². The van der Waals surface area contributed by atoms with E-state index in [1.165, 1.54) is 0 Å². The summed E-state index contributed by atoms with van der Waals surface area (Å²) < 4.78 is 25.8. The van der Waals surface area contributed by atoms with Gasteiger partial charge in [-0.2, -0.15) is 0 Å². The standard InChI is InChI=1S/C8H14O5/c1(7-3-10-5-12-7)9-2-8-4-11-6-13-8/h7-8H,1-6H2. The SMILES string of the molecule is C1OCC(COCC2COCO2)O1. The number of ether oxygens (including phenoxy) is 5. The van der Waals surface area contributed by atoms with Crippen molar-refractivity contribution in [3.8, 4) is 0 Å². The molecule has 2 rings (SSSR count). The predicted molar refractivity (Wildman–Crippen MR) is 42.2 cm³/mol. The van der Waals surface area contributed by atoms with Crippen LogP contribution in [0.2, 0.25) is 0 Å². The van der Waals surface area contributed by atoms with Crippen LogP contribution in [-0.4, -0.2) is 52.2 Å². The van der Waals surface area contributed by atoms with E-state index in [1.54, 1.807) is 0 Å². The highest BCUT2D eigenvalue weighted by Crippen LogP contribution is 2.06. The third-order valence-electron chi connectivity index (χ3n) is 1.99. The molecule has 5 heteroatoms. The highest BCUT2D eigenvalue weighted by atomic mass is 16.7. The van der Waals surface area contributed by atoms with Crippen molar-refractivity contribution in [2.45, 2.75) is 12.2 Å². The highest BCUT2D eigenvalue weighted by Gasteiger charge is 2.19. The molecule has 0 amide bonds. The van der Waals surface area contributed by atoms with Crippen molar-refractivity contribution in [3.05, 3.63) is 0 Å². The number of rotatable bonds is 4. The van der Waals surface area contributed by atoms with Crippen LogP contribution in [0.15, 0.2) is 0 Å². The molecule has 0 aliphatic carbocycles. The number of hydrogen-bond donors (Lipinski definition) is 0. The third kappa shape index (κ3) is 2.89. The molecule has 0 N–H and O–H groups in total. The van der Waals surface area contributed by atoms with Crippen molar-refractivity contribution in [1.29, 1.82) is 0 Å². The van der Waals surface area contributed by atoms with Crippen LogP contribution in [0, 0.1) is 0 Å². The minimum Gasteiger partial charge on any atom is -0.376 e. The van der Waals surface area contributed by atoms with Gasteiger partial charge in [-0.05, 0) is 0 Å². The van der Waals surface area contributed by atoms with E-state index in [1.807, 2.05) is 0 Å². The van der Waals surface area contributed by atoms with Gasteiger partial charge in [0, 0.05) is 0 Å². The van der Waals surface area contributed by atoms with Crippen LogP contribution in [0.4, 0.5) is 0 Å². The molecule has 2 aliphatic rings. The van der Waals surface area contributed by atoms with Crippen LogP contribution in [0.3, 0.4) is 0 Å². The Bertz CT molecular complexity index is 123. The fourth-order valence-electron chi connectivity index (χ4n) is 1.27. The molecule has 5 nitrogen and oxygen atoms in total. The first-order valence-electron chi connectivity index (χ1n) is 4.41. The molecule has 0 saturated carbocycles. The van der Waals surface area contributed by atoms with Crippen molar-refractivity contribution in [3.63, 3.8) is 0 Å². The van der Waals surface area contributed by atoms with E-state index in [0.717, 1.165) is 0 Å². The van der Waals surface area contributed by atoms with Crippen LogP contribution in [0.1, 0.15) is 0 Å². The average molecular weight is 190 g/mol. The van der Waals surface area contributed by atoms with Crippen molar-refractivity contribution in [1.82, 2.24) is 0 Å². The maximum atomic E-state index is 5.39. The normalized spacial score (nSPS) is 34.2. The van der Waals surface area contributed by atoms with Gasteiger partial charge in [-0.25, -0.2) is 0 Å². The summed E-state index contributed by atoms with van der Waals surface area (Å²) in [4.78, 5) is 0. The molecule has 2 unspecified atom stereocenters. The zero-order valence-corrected chi connectivity index (χ0v) is 7.44. The van der Waals surface area contributed by atoms with Gasteiger partial charge in [-0.1, -0.05) is 0 Å². The van der Waals surface area contributed by atoms with Crippen molar-refractivity contribution in [2.75, 3.05) is 40.0 Å². The highest BCUT2D eigenvalue weighted by molar-refractivity contribution is 4.61. The summed E-state index contributed by atoms with van der Waals surface area (Å²) in [7, 11) is 0. The first kappa shape index (κ1) is 9.36. The minimum atomic E-state index is 0.0855. The molecular formula is C8H14O5. The predicted octanol–water partition coefficient (Wildman–Crippen LogP) is -0.251. The van der Waals surface area contributed by atoms with E-state index in [9.17, 15) is 0 Å². The average Bonchev–Trinajstić information content (AvgIpc) is 2.75. The van der Waals surface area contributed by atoms with E-state index in [0.29, 0.717) is 40.0 Å². The Morgan fingerprint density at radius 3 is 1.85 bits per heavy atom. The Kier molecular flexibility index (Phi) is 3.51. The molecule has 13 heavy (non-hydrogen) atoms. The molecule has 2 heterocycles. The fraction of sp³-hybridized carbons (Fsp3) is 1.00. The molecule has 2 atom stereocenters. The zero-order chi connectivity index (χ0) is 8.93. The quantitative estimate of drug-likeness (QED) is 0.611. The topological polar surface area (TPSA) is 46.2 Å². The van der Waals surface area contributed by atoms with Crippen LogP contribution < -0.4 is 0 Å². The van der Waals surface area contributed by atoms with Gasteiger partial charge >= 0.3 is 0 Å². The summed E-state index contributed by atoms with van der Waals surface area (Å²) >= 11 is 0. The Morgan fingerprint density at radius 1 is 0.923 bits per heavy atom. The maximum Gasteiger partial charge on any atom is 0.147 e. The third-order valence-corrected chi connectivity index (χ3v) is 1.99. The lowest BCUT2D eigenvalue weighted by molar-refractivity contribution is -0.0281. The van der Waals surface area contributed by atoms with Gasteiger partial charge in [-0.3, -0.25) is 0 Å². The van der Waals surface area contributed by atoms with Gasteiger partial charge in [0.05, 0.1) is 26.4 Å². The first-order chi connectivity index (χ1) is 6.45. The van der Waals surface area contributed by atoms with Crippen LogP contribution in [0.5, 0.6) is 0 Å². The molecule has 0 aromatic heterocycles. The summed E-state index contributed by atoms with van der Waals surface area (Å²) in [6, 6.07) is 0. The smallest absolute Gasteiger partial charge is 0.147 e. The molecule has 2 saturated heterocycles. The van der Waals surface area contributed by atoms with E-state index >= 15 is 0 Å². The van der Waals surface area contributed by atoms with E-state index in [4.69, 9.17) is 23.7 Å². The minimum absolute atomic E-state index is 0.0855. The van der Waals surface area contributed by atoms with Gasteiger partial charge in [-0.15, -0.1) is 0 Å². The van der Waals surface area contributed by atoms with Crippen molar-refractivity contribution >= 4 is 0 Å². The van der Waals surface area contributed by atoms with Gasteiger partial charge in [0.25, 0.3) is 0 Å². The largest absolute Gasteiger partial charge is 0.376 e. The second-order valence-corrected chi connectivity index (χ2v) is 3.09. The number of hydrogen-bond acceptors (Lipinski definition) is 5. The van der Waals surface area contributed by atoms with Crippen LogP contribution in [0.25, 0.3) is 0 Å². The zero-order valence-electron chi connectivity index (χ0n) is 7.44. The summed E-state index contributed by atoms with van der Waals surface area (Å²) in [5.74, 6) is 0. The molecule has 0 spiro atoms. The summed E-state index contributed by atoms with van der Waals surface area (Å²) in [6.45, 7) is 3.16. The molecular weight excluding hydrogens is 176 g/mol. The van der Waals surface area contributed by atoms with Gasteiger partial charge in [0.15, 0.2) is 0 Å². The van der Waals surface area contributed by atoms with Crippen LogP contribution in [-0.2, 0) is 23.7 Å². The molecule has 2 aliphatic heterocycles. The van der Waals surface area contributed by atoms with Gasteiger partial charge in [0.2, 0.25) is 0 Å². The molecule has 76 valence electrons. The Morgan fingerprint density at radius 2 is 1.46 bits per heavy atom. The Labute approximate surface area is 76.8 Å². The lowest BCUT2D eigenvalue weighted by Gasteiger charge is -2.11. The lowest BCUT2D eigenvalue weighted by atomic mass is 10.4. The Balaban J connectivity index is 1.52. The molecule has 0 aromatic rings. The fourth-order valence-corrected chi connectivity index (χ4v) is 1.27. The van der Waals surface area contributed by atoms with Gasteiger partial charge in [0.1, 0.15) is 25.8 Å². The summed E-state index contributed by atoms with van der Waals surface area (Å²) in [5, 5.41) is 0. The summed E-state index contributed by atoms with van der Waals surface area (Å²) in [5.41, 5.74) is 0.